The Balaban J connectivity index is 1.79. The van der Waals surface area contributed by atoms with Gasteiger partial charge in [0.05, 0.1) is 20.3 Å². The Morgan fingerprint density at radius 2 is 2.04 bits per heavy atom. The number of H-pyrrole nitrogens is 1. The lowest BCUT2D eigenvalue weighted by Gasteiger charge is -2.27. The topological polar surface area (TPSA) is 84.5 Å². The number of carbonyl (C=O) groups excluding carboxylic acids is 2. The molecule has 1 aromatic carbocycles. The molecule has 0 spiro atoms. The molecule has 0 radical (unpaired) electrons. The van der Waals surface area contributed by atoms with Crippen LogP contribution >= 0.6 is 0 Å². The fourth-order valence-corrected chi connectivity index (χ4v) is 2.75. The number of amides is 1. The predicted octanol–water partition coefficient (Wildman–Crippen LogP) is 1.79. The van der Waals surface area contributed by atoms with E-state index in [9.17, 15) is 9.59 Å². The van der Waals surface area contributed by atoms with E-state index in [1.807, 2.05) is 0 Å². The van der Waals surface area contributed by atoms with E-state index < -0.39 is 5.97 Å². The average Bonchev–Trinajstić information content (AvgIpc) is 3.04. The smallest absolute Gasteiger partial charge is 0.359 e. The van der Waals surface area contributed by atoms with Gasteiger partial charge in [-0.05, 0) is 31.2 Å². The van der Waals surface area contributed by atoms with Crippen molar-refractivity contribution in [3.8, 4) is 5.75 Å². The molecule has 0 saturated carbocycles. The lowest BCUT2D eigenvalue weighted by atomic mass is 10.0. The van der Waals surface area contributed by atoms with Gasteiger partial charge in [0.15, 0.2) is 5.69 Å². The molecule has 126 valence electrons. The second-order valence-corrected chi connectivity index (χ2v) is 5.45. The molecular formula is C17H19N3O4. The molecule has 0 saturated heterocycles. The Morgan fingerprint density at radius 3 is 2.71 bits per heavy atom. The van der Waals surface area contributed by atoms with E-state index >= 15 is 0 Å². The zero-order valence-electron chi connectivity index (χ0n) is 13.7. The Labute approximate surface area is 139 Å². The van der Waals surface area contributed by atoms with Gasteiger partial charge < -0.3 is 14.4 Å². The first-order valence-corrected chi connectivity index (χ1v) is 7.80. The van der Waals surface area contributed by atoms with Gasteiger partial charge >= 0.3 is 5.97 Å². The lowest BCUT2D eigenvalue weighted by Crippen LogP contribution is -2.36. The molecule has 1 aromatic heterocycles. The SMILES string of the molecule is CCOC(=O)c1n[nH]c2c1CN(C(=O)c1ccc(OC)cc1)CC2. The van der Waals surface area contributed by atoms with Crippen LogP contribution in [0.5, 0.6) is 5.75 Å². The van der Waals surface area contributed by atoms with Crippen LogP contribution in [0, 0.1) is 0 Å². The quantitative estimate of drug-likeness (QED) is 0.865. The molecule has 0 unspecified atom stereocenters. The lowest BCUT2D eigenvalue weighted by molar-refractivity contribution is 0.0513. The Kier molecular flexibility index (Phi) is 4.50. The van der Waals surface area contributed by atoms with E-state index in [1.54, 1.807) is 43.2 Å². The minimum atomic E-state index is -0.464. The summed E-state index contributed by atoms with van der Waals surface area (Å²) in [6.07, 6.45) is 0.629. The largest absolute Gasteiger partial charge is 0.497 e. The van der Waals surface area contributed by atoms with E-state index in [1.165, 1.54) is 0 Å². The van der Waals surface area contributed by atoms with Crippen molar-refractivity contribution in [3.05, 3.63) is 46.8 Å². The number of carbonyl (C=O) groups is 2. The molecule has 7 heteroatoms. The zero-order valence-corrected chi connectivity index (χ0v) is 13.7. The number of ether oxygens (including phenoxy) is 2. The number of esters is 1. The summed E-state index contributed by atoms with van der Waals surface area (Å²) in [5.74, 6) is 0.153. The van der Waals surface area contributed by atoms with Crippen molar-refractivity contribution in [1.29, 1.82) is 0 Å². The molecule has 1 aliphatic heterocycles. The van der Waals surface area contributed by atoms with Crippen LogP contribution in [0.25, 0.3) is 0 Å². The van der Waals surface area contributed by atoms with Crippen LogP contribution in [0.2, 0.25) is 0 Å². The summed E-state index contributed by atoms with van der Waals surface area (Å²) in [5.41, 5.74) is 2.47. The van der Waals surface area contributed by atoms with Gasteiger partial charge in [-0.15, -0.1) is 0 Å². The monoisotopic (exact) mass is 329 g/mol. The molecule has 0 fully saturated rings. The average molecular weight is 329 g/mol. The Hall–Kier alpha value is -2.83. The number of aromatic nitrogens is 2. The van der Waals surface area contributed by atoms with Gasteiger partial charge in [-0.3, -0.25) is 9.89 Å². The number of aromatic amines is 1. The number of hydrogen-bond acceptors (Lipinski definition) is 5. The fourth-order valence-electron chi connectivity index (χ4n) is 2.75. The third-order valence-corrected chi connectivity index (χ3v) is 4.03. The Morgan fingerprint density at radius 1 is 1.29 bits per heavy atom. The standard InChI is InChI=1S/C17H19N3O4/c1-3-24-17(22)15-13-10-20(9-8-14(13)18-19-15)16(21)11-4-6-12(23-2)7-5-11/h4-7H,3,8-10H2,1-2H3,(H,18,19). The third kappa shape index (κ3) is 2.97. The maximum Gasteiger partial charge on any atom is 0.359 e. The van der Waals surface area contributed by atoms with Crippen LogP contribution in [0.15, 0.2) is 24.3 Å². The van der Waals surface area contributed by atoms with Crippen LogP contribution in [0.4, 0.5) is 0 Å². The van der Waals surface area contributed by atoms with Gasteiger partial charge in [-0.1, -0.05) is 0 Å². The molecule has 2 aromatic rings. The number of hydrogen-bond donors (Lipinski definition) is 1. The van der Waals surface area contributed by atoms with Crippen LogP contribution < -0.4 is 4.74 Å². The molecule has 1 aliphatic rings. The summed E-state index contributed by atoms with van der Waals surface area (Å²) in [7, 11) is 1.58. The first kappa shape index (κ1) is 16.0. The van der Waals surface area contributed by atoms with Crippen molar-refractivity contribution in [2.75, 3.05) is 20.3 Å². The molecule has 0 aliphatic carbocycles. The number of methoxy groups -OCH3 is 1. The van der Waals surface area contributed by atoms with E-state index in [4.69, 9.17) is 9.47 Å². The van der Waals surface area contributed by atoms with Gasteiger partial charge in [0, 0.05) is 29.8 Å². The predicted molar refractivity (Wildman–Crippen MR) is 86.0 cm³/mol. The molecule has 7 nitrogen and oxygen atoms in total. The first-order chi connectivity index (χ1) is 11.6. The maximum atomic E-state index is 12.7. The van der Waals surface area contributed by atoms with Crippen molar-refractivity contribution in [1.82, 2.24) is 15.1 Å². The van der Waals surface area contributed by atoms with Crippen molar-refractivity contribution >= 4 is 11.9 Å². The first-order valence-electron chi connectivity index (χ1n) is 7.80. The highest BCUT2D eigenvalue weighted by atomic mass is 16.5. The van der Waals surface area contributed by atoms with E-state index in [2.05, 4.69) is 10.2 Å². The van der Waals surface area contributed by atoms with E-state index in [-0.39, 0.29) is 18.2 Å². The summed E-state index contributed by atoms with van der Waals surface area (Å²) in [5, 5.41) is 6.93. The van der Waals surface area contributed by atoms with Crippen LogP contribution in [-0.2, 0) is 17.7 Å². The minimum Gasteiger partial charge on any atom is -0.497 e. The number of rotatable bonds is 4. The third-order valence-electron chi connectivity index (χ3n) is 4.03. The summed E-state index contributed by atoms with van der Waals surface area (Å²) in [6, 6.07) is 6.98. The maximum absolute atomic E-state index is 12.7. The zero-order chi connectivity index (χ0) is 17.1. The van der Waals surface area contributed by atoms with E-state index in [0.29, 0.717) is 30.8 Å². The second-order valence-electron chi connectivity index (χ2n) is 5.45. The molecule has 3 rings (SSSR count). The normalized spacial score (nSPS) is 13.3. The van der Waals surface area contributed by atoms with Crippen molar-refractivity contribution < 1.29 is 19.1 Å². The summed E-state index contributed by atoms with van der Waals surface area (Å²) >= 11 is 0. The molecular weight excluding hydrogens is 310 g/mol. The highest BCUT2D eigenvalue weighted by molar-refractivity contribution is 5.95. The molecule has 0 atom stereocenters. The summed E-state index contributed by atoms with van der Waals surface area (Å²) in [6.45, 7) is 2.94. The van der Waals surface area contributed by atoms with Crippen molar-refractivity contribution in [2.45, 2.75) is 19.9 Å². The molecule has 1 amide bonds. The van der Waals surface area contributed by atoms with Gasteiger partial charge in [-0.2, -0.15) is 5.10 Å². The molecule has 0 bridgehead atoms. The molecule has 24 heavy (non-hydrogen) atoms. The summed E-state index contributed by atoms with van der Waals surface area (Å²) < 4.78 is 10.1. The van der Waals surface area contributed by atoms with Gasteiger partial charge in [0.2, 0.25) is 0 Å². The Bertz CT molecular complexity index is 752. The fraction of sp³-hybridized carbons (Fsp3) is 0.353. The van der Waals surface area contributed by atoms with Gasteiger partial charge in [0.1, 0.15) is 5.75 Å². The van der Waals surface area contributed by atoms with E-state index in [0.717, 1.165) is 11.3 Å². The van der Waals surface area contributed by atoms with Crippen LogP contribution in [0.3, 0.4) is 0 Å². The van der Waals surface area contributed by atoms with Crippen LogP contribution in [0.1, 0.15) is 39.0 Å². The number of benzene rings is 1. The molecule has 1 N–H and O–H groups in total. The van der Waals surface area contributed by atoms with Crippen molar-refractivity contribution in [2.24, 2.45) is 0 Å². The van der Waals surface area contributed by atoms with Crippen LogP contribution in [-0.4, -0.2) is 47.2 Å². The second kappa shape index (κ2) is 6.74. The number of nitrogens with zero attached hydrogens (tertiary/aromatic N) is 2. The minimum absolute atomic E-state index is 0.0840. The number of nitrogens with one attached hydrogen (secondary N) is 1. The van der Waals surface area contributed by atoms with Gasteiger partial charge in [-0.25, -0.2) is 4.79 Å². The highest BCUT2D eigenvalue weighted by Gasteiger charge is 2.28. The van der Waals surface area contributed by atoms with Gasteiger partial charge in [0.25, 0.3) is 5.91 Å². The van der Waals surface area contributed by atoms with Crippen molar-refractivity contribution in [3.63, 3.8) is 0 Å². The number of fused-ring (bicyclic) bond motifs is 1. The molecule has 2 heterocycles. The summed E-state index contributed by atoms with van der Waals surface area (Å²) in [4.78, 5) is 26.4. The highest BCUT2D eigenvalue weighted by Crippen LogP contribution is 2.23.